The molecule has 13 heteroatoms. The molecule has 0 spiro atoms. The molecule has 1 aliphatic rings. The van der Waals surface area contributed by atoms with Crippen LogP contribution in [0.2, 0.25) is 0 Å². The number of allylic oxidation sites excluding steroid dienone is 2. The number of carbonyl (C=O) groups excluding carboxylic acids is 2. The summed E-state index contributed by atoms with van der Waals surface area (Å²) < 4.78 is 54.0. The molecule has 4 N–H and O–H groups in total. The largest absolute Gasteiger partial charge is 0.462 e. The van der Waals surface area contributed by atoms with Crippen molar-refractivity contribution in [1.82, 2.24) is 0 Å². The zero-order valence-electron chi connectivity index (χ0n) is 37.1. The standard InChI is InChI=1S/C46H86O12S/c1-3-5-7-9-11-13-15-16-17-18-19-20-21-22-23-25-26-28-30-32-34-41(47)55-36-39(57-42(48)35-33-31-29-27-24-14-12-10-8-6-4-2)37-56-46-45(51)44(50)43(49)40(58-46)38-59(52,53)54/h10,12,39-40,43-46,49-51H,3-9,11,13-38H2,1-2H3,(H,52,53,54)/b12-10+/t39-,40-,43-,44?,45?,46+/m1/s1. The predicted molar refractivity (Wildman–Crippen MR) is 234 cm³/mol. The molecule has 1 rings (SSSR count). The van der Waals surface area contributed by atoms with Crippen LogP contribution in [-0.4, -0.2) is 96.0 Å². The Balaban J connectivity index is 2.36. The third-order valence-electron chi connectivity index (χ3n) is 11.1. The van der Waals surface area contributed by atoms with Gasteiger partial charge in [-0.25, -0.2) is 0 Å². The molecule has 1 fully saturated rings. The van der Waals surface area contributed by atoms with Gasteiger partial charge in [-0.3, -0.25) is 14.1 Å². The highest BCUT2D eigenvalue weighted by Gasteiger charge is 2.46. The Hall–Kier alpha value is -1.61. The summed E-state index contributed by atoms with van der Waals surface area (Å²) in [5.74, 6) is -1.98. The number of esters is 2. The van der Waals surface area contributed by atoms with E-state index in [2.05, 4.69) is 26.0 Å². The van der Waals surface area contributed by atoms with Gasteiger partial charge < -0.3 is 34.3 Å². The lowest BCUT2D eigenvalue weighted by Gasteiger charge is -2.40. The predicted octanol–water partition coefficient (Wildman–Crippen LogP) is 9.84. The molecule has 1 heterocycles. The van der Waals surface area contributed by atoms with E-state index in [9.17, 15) is 37.9 Å². The lowest BCUT2D eigenvalue weighted by molar-refractivity contribution is -0.297. The Bertz CT molecular complexity index is 1150. The highest BCUT2D eigenvalue weighted by molar-refractivity contribution is 7.85. The number of aliphatic hydroxyl groups excluding tert-OH is 3. The van der Waals surface area contributed by atoms with Crippen LogP contribution in [0.5, 0.6) is 0 Å². The molecule has 0 bridgehead atoms. The van der Waals surface area contributed by atoms with Crippen molar-refractivity contribution < 1.29 is 56.8 Å². The van der Waals surface area contributed by atoms with Crippen LogP contribution in [0.15, 0.2) is 12.2 Å². The molecule has 59 heavy (non-hydrogen) atoms. The normalized spacial score (nSPS) is 20.3. The first-order valence-electron chi connectivity index (χ1n) is 23.7. The summed E-state index contributed by atoms with van der Waals surface area (Å²) in [5.41, 5.74) is 0. The molecule has 12 nitrogen and oxygen atoms in total. The SMILES string of the molecule is CCCC/C=C/CCCCCCCC(=O)O[C@H](COC(=O)CCCCCCCCCCCCCCCCCCCCCC)CO[C@H]1O[C@H](CS(=O)(=O)O)[C@@H](O)C(O)C1O. The number of ether oxygens (including phenoxy) is 4. The van der Waals surface area contributed by atoms with Crippen molar-refractivity contribution in [2.24, 2.45) is 0 Å². The van der Waals surface area contributed by atoms with Crippen LogP contribution in [0.3, 0.4) is 0 Å². The molecule has 0 aliphatic carbocycles. The number of carbonyl (C=O) groups is 2. The molecular weight excluding hydrogens is 777 g/mol. The molecule has 0 aromatic rings. The second-order valence-corrected chi connectivity index (χ2v) is 18.3. The molecule has 0 aromatic heterocycles. The van der Waals surface area contributed by atoms with Gasteiger partial charge in [-0.1, -0.05) is 180 Å². The third kappa shape index (κ3) is 31.8. The van der Waals surface area contributed by atoms with E-state index < -0.39 is 71.2 Å². The maximum absolute atomic E-state index is 12.8. The third-order valence-corrected chi connectivity index (χ3v) is 11.8. The molecular formula is C46H86O12S. The topological polar surface area (TPSA) is 186 Å². The van der Waals surface area contributed by atoms with Crippen molar-refractivity contribution in [2.75, 3.05) is 19.0 Å². The van der Waals surface area contributed by atoms with Crippen molar-refractivity contribution in [3.05, 3.63) is 12.2 Å². The lowest BCUT2D eigenvalue weighted by Crippen LogP contribution is -2.60. The van der Waals surface area contributed by atoms with Crippen LogP contribution < -0.4 is 0 Å². The first-order chi connectivity index (χ1) is 28.5. The van der Waals surface area contributed by atoms with Crippen LogP contribution >= 0.6 is 0 Å². The van der Waals surface area contributed by atoms with Gasteiger partial charge in [0.1, 0.15) is 36.8 Å². The van der Waals surface area contributed by atoms with Crippen molar-refractivity contribution >= 4 is 22.1 Å². The molecule has 0 amide bonds. The summed E-state index contributed by atoms with van der Waals surface area (Å²) in [6, 6.07) is 0. The smallest absolute Gasteiger partial charge is 0.306 e. The van der Waals surface area contributed by atoms with E-state index in [0.717, 1.165) is 57.8 Å². The Morgan fingerprint density at radius 2 is 0.983 bits per heavy atom. The summed E-state index contributed by atoms with van der Waals surface area (Å²) >= 11 is 0. The number of hydrogen-bond acceptors (Lipinski definition) is 11. The van der Waals surface area contributed by atoms with Gasteiger partial charge in [0.15, 0.2) is 12.4 Å². The van der Waals surface area contributed by atoms with E-state index >= 15 is 0 Å². The first-order valence-corrected chi connectivity index (χ1v) is 25.4. The fraction of sp³-hybridized carbons (Fsp3) is 0.913. The van der Waals surface area contributed by atoms with Gasteiger partial charge in [-0.15, -0.1) is 0 Å². The monoisotopic (exact) mass is 863 g/mol. The summed E-state index contributed by atoms with van der Waals surface area (Å²) in [6.07, 6.45) is 29.8. The van der Waals surface area contributed by atoms with Gasteiger partial charge in [0.25, 0.3) is 10.1 Å². The molecule has 0 aromatic carbocycles. The molecule has 2 unspecified atom stereocenters. The van der Waals surface area contributed by atoms with E-state index in [4.69, 9.17) is 18.9 Å². The van der Waals surface area contributed by atoms with Gasteiger partial charge in [0, 0.05) is 12.8 Å². The maximum atomic E-state index is 12.8. The zero-order valence-corrected chi connectivity index (χ0v) is 37.9. The van der Waals surface area contributed by atoms with E-state index in [1.165, 1.54) is 116 Å². The second-order valence-electron chi connectivity index (χ2n) is 16.8. The Morgan fingerprint density at radius 3 is 1.46 bits per heavy atom. The summed E-state index contributed by atoms with van der Waals surface area (Å²) in [6.45, 7) is 3.73. The molecule has 1 saturated heterocycles. The van der Waals surface area contributed by atoms with E-state index in [0.29, 0.717) is 12.8 Å². The quantitative estimate of drug-likeness (QED) is 0.0198. The highest BCUT2D eigenvalue weighted by atomic mass is 32.2. The molecule has 348 valence electrons. The first kappa shape index (κ1) is 55.4. The fourth-order valence-corrected chi connectivity index (χ4v) is 8.06. The average molecular weight is 863 g/mol. The average Bonchev–Trinajstić information content (AvgIpc) is 3.20. The zero-order chi connectivity index (χ0) is 43.4. The second kappa shape index (κ2) is 37.0. The maximum Gasteiger partial charge on any atom is 0.306 e. The van der Waals surface area contributed by atoms with Crippen LogP contribution in [0.1, 0.15) is 213 Å². The van der Waals surface area contributed by atoms with Gasteiger partial charge in [0.2, 0.25) is 0 Å². The summed E-state index contributed by atoms with van der Waals surface area (Å²) in [7, 11) is -4.60. The lowest BCUT2D eigenvalue weighted by atomic mass is 10.00. The van der Waals surface area contributed by atoms with Crippen LogP contribution in [0.25, 0.3) is 0 Å². The van der Waals surface area contributed by atoms with Gasteiger partial charge in [0.05, 0.1) is 6.61 Å². The minimum Gasteiger partial charge on any atom is -0.462 e. The Kier molecular flexibility index (Phi) is 34.7. The van der Waals surface area contributed by atoms with Gasteiger partial charge in [-0.05, 0) is 32.1 Å². The Morgan fingerprint density at radius 1 is 0.559 bits per heavy atom. The molecule has 6 atom stereocenters. The van der Waals surface area contributed by atoms with E-state index in [-0.39, 0.29) is 19.4 Å². The minimum absolute atomic E-state index is 0.157. The van der Waals surface area contributed by atoms with Gasteiger partial charge >= 0.3 is 11.9 Å². The number of rotatable bonds is 40. The number of hydrogen-bond donors (Lipinski definition) is 4. The van der Waals surface area contributed by atoms with Crippen LogP contribution in [0.4, 0.5) is 0 Å². The van der Waals surface area contributed by atoms with Crippen LogP contribution in [0, 0.1) is 0 Å². The molecule has 0 saturated carbocycles. The van der Waals surface area contributed by atoms with Crippen molar-refractivity contribution in [2.45, 2.75) is 250 Å². The highest BCUT2D eigenvalue weighted by Crippen LogP contribution is 2.24. The van der Waals surface area contributed by atoms with Gasteiger partial charge in [-0.2, -0.15) is 8.42 Å². The number of aliphatic hydroxyl groups is 3. The molecule has 1 aliphatic heterocycles. The van der Waals surface area contributed by atoms with E-state index in [1.807, 2.05) is 0 Å². The van der Waals surface area contributed by atoms with Crippen LogP contribution in [-0.2, 0) is 38.7 Å². The van der Waals surface area contributed by atoms with Crippen molar-refractivity contribution in [3.63, 3.8) is 0 Å². The summed E-state index contributed by atoms with van der Waals surface area (Å²) in [4.78, 5) is 25.4. The fourth-order valence-electron chi connectivity index (χ4n) is 7.36. The Labute approximate surface area is 358 Å². The minimum atomic E-state index is -4.60. The molecule has 0 radical (unpaired) electrons. The van der Waals surface area contributed by atoms with Crippen molar-refractivity contribution in [1.29, 1.82) is 0 Å². The van der Waals surface area contributed by atoms with Crippen molar-refractivity contribution in [3.8, 4) is 0 Å². The number of unbranched alkanes of at least 4 members (excludes halogenated alkanes) is 26. The summed E-state index contributed by atoms with van der Waals surface area (Å²) in [5, 5.41) is 30.9. The van der Waals surface area contributed by atoms with E-state index in [1.54, 1.807) is 0 Å².